The first-order chi connectivity index (χ1) is 10.7. The van der Waals surface area contributed by atoms with E-state index >= 15 is 0 Å². The summed E-state index contributed by atoms with van der Waals surface area (Å²) in [5, 5.41) is 8.73. The Bertz CT molecular complexity index is 440. The number of allylic oxidation sites excluding steroid dienone is 1. The molecule has 22 heavy (non-hydrogen) atoms. The van der Waals surface area contributed by atoms with Crippen LogP contribution in [0, 0.1) is 0 Å². The summed E-state index contributed by atoms with van der Waals surface area (Å²) in [7, 11) is 0. The van der Waals surface area contributed by atoms with Crippen LogP contribution in [-0.2, 0) is 4.79 Å². The topological polar surface area (TPSA) is 37.3 Å². The van der Waals surface area contributed by atoms with Gasteiger partial charge in [-0.3, -0.25) is 0 Å². The Morgan fingerprint density at radius 2 is 1.59 bits per heavy atom. The minimum absolute atomic E-state index is 0.468. The van der Waals surface area contributed by atoms with Crippen molar-refractivity contribution >= 4 is 17.7 Å². The van der Waals surface area contributed by atoms with E-state index in [1.165, 1.54) is 49.2 Å². The first-order valence-corrected chi connectivity index (χ1v) is 9.26. The number of rotatable bonds is 12. The van der Waals surface area contributed by atoms with Crippen LogP contribution in [0.5, 0.6) is 0 Å². The molecule has 1 aromatic carbocycles. The number of benzene rings is 1. The highest BCUT2D eigenvalue weighted by atomic mass is 32.2. The Morgan fingerprint density at radius 3 is 2.23 bits per heavy atom. The summed E-state index contributed by atoms with van der Waals surface area (Å²) >= 11 is 1.95. The van der Waals surface area contributed by atoms with Crippen LogP contribution in [0.1, 0.15) is 58.3 Å². The molecule has 0 atom stereocenters. The van der Waals surface area contributed by atoms with Gasteiger partial charge in [-0.25, -0.2) is 4.79 Å². The number of carboxylic acid groups (broad SMARTS) is 1. The second kappa shape index (κ2) is 12.3. The van der Waals surface area contributed by atoms with Gasteiger partial charge in [0.05, 0.1) is 0 Å². The number of aliphatic carboxylic acids is 1. The summed E-state index contributed by atoms with van der Waals surface area (Å²) in [6, 6.07) is 10.6. The quantitative estimate of drug-likeness (QED) is 0.294. The summed E-state index contributed by atoms with van der Waals surface area (Å²) in [5.74, 6) is 0.414. The third kappa shape index (κ3) is 9.67. The van der Waals surface area contributed by atoms with Crippen molar-refractivity contribution in [3.05, 3.63) is 42.0 Å². The molecule has 0 saturated carbocycles. The minimum atomic E-state index is -0.798. The smallest absolute Gasteiger partial charge is 0.330 e. The fourth-order valence-electron chi connectivity index (χ4n) is 2.24. The van der Waals surface area contributed by atoms with Crippen LogP contribution >= 0.6 is 11.8 Å². The van der Waals surface area contributed by atoms with Crippen LogP contribution in [0.4, 0.5) is 0 Å². The Hall–Kier alpha value is -1.22. The monoisotopic (exact) mass is 320 g/mol. The van der Waals surface area contributed by atoms with Crippen molar-refractivity contribution < 1.29 is 9.90 Å². The first kappa shape index (κ1) is 18.8. The molecule has 0 aromatic heterocycles. The molecule has 0 radical (unpaired) electrons. The number of hydrogen-bond acceptors (Lipinski definition) is 2. The zero-order valence-corrected chi connectivity index (χ0v) is 14.4. The molecule has 0 aliphatic carbocycles. The maximum absolute atomic E-state index is 10.6. The summed E-state index contributed by atoms with van der Waals surface area (Å²) < 4.78 is 0. The minimum Gasteiger partial charge on any atom is -0.478 e. The molecule has 1 aromatic rings. The van der Waals surface area contributed by atoms with E-state index in [0.717, 1.165) is 12.8 Å². The highest BCUT2D eigenvalue weighted by Gasteiger charge is 1.98. The Labute approximate surface area is 139 Å². The molecule has 1 N–H and O–H groups in total. The molecule has 0 saturated heterocycles. The highest BCUT2D eigenvalue weighted by molar-refractivity contribution is 7.99. The van der Waals surface area contributed by atoms with Crippen LogP contribution in [0.15, 0.2) is 46.9 Å². The van der Waals surface area contributed by atoms with Gasteiger partial charge in [-0.15, -0.1) is 11.8 Å². The Morgan fingerprint density at radius 1 is 1.00 bits per heavy atom. The normalized spacial score (nSPS) is 11.6. The molecule has 0 unspecified atom stereocenters. The molecule has 0 aliphatic heterocycles. The molecule has 0 amide bonds. The lowest BCUT2D eigenvalue weighted by Crippen LogP contribution is -1.95. The van der Waals surface area contributed by atoms with Crippen molar-refractivity contribution in [2.75, 3.05) is 5.75 Å². The molecule has 122 valence electrons. The number of hydrogen-bond donors (Lipinski definition) is 1. The molecule has 2 nitrogen and oxygen atoms in total. The summed E-state index contributed by atoms with van der Waals surface area (Å²) in [6.45, 7) is 1.66. The van der Waals surface area contributed by atoms with Crippen LogP contribution in [0.3, 0.4) is 0 Å². The van der Waals surface area contributed by atoms with E-state index in [-0.39, 0.29) is 0 Å². The SMILES string of the molecule is CC(=CCCCCCCCCCSc1ccccc1)C(=O)O. The first-order valence-electron chi connectivity index (χ1n) is 8.28. The molecular weight excluding hydrogens is 292 g/mol. The lowest BCUT2D eigenvalue weighted by molar-refractivity contribution is -0.132. The van der Waals surface area contributed by atoms with Gasteiger partial charge < -0.3 is 5.11 Å². The average molecular weight is 320 g/mol. The van der Waals surface area contributed by atoms with E-state index in [9.17, 15) is 4.79 Å². The molecule has 0 heterocycles. The van der Waals surface area contributed by atoms with Gasteiger partial charge in [0.25, 0.3) is 0 Å². The third-order valence-corrected chi connectivity index (χ3v) is 4.75. The van der Waals surface area contributed by atoms with E-state index in [1.54, 1.807) is 6.92 Å². The van der Waals surface area contributed by atoms with Gasteiger partial charge in [0, 0.05) is 10.5 Å². The maximum Gasteiger partial charge on any atom is 0.330 e. The second-order valence-electron chi connectivity index (χ2n) is 5.62. The Kier molecular flexibility index (Phi) is 10.6. The van der Waals surface area contributed by atoms with E-state index < -0.39 is 5.97 Å². The van der Waals surface area contributed by atoms with Gasteiger partial charge in [0.2, 0.25) is 0 Å². The standard InChI is InChI=1S/C19H28O2S/c1-17(19(20)21)13-9-6-4-2-3-5-7-12-16-22-18-14-10-8-11-15-18/h8,10-11,13-15H,2-7,9,12,16H2,1H3,(H,20,21). The van der Waals surface area contributed by atoms with Crippen molar-refractivity contribution in [3.63, 3.8) is 0 Å². The predicted molar refractivity (Wildman–Crippen MR) is 95.5 cm³/mol. The molecular formula is C19H28O2S. The van der Waals surface area contributed by atoms with Crippen molar-refractivity contribution in [1.29, 1.82) is 0 Å². The predicted octanol–water partition coefficient (Wildman–Crippen LogP) is 5.93. The van der Waals surface area contributed by atoms with E-state index in [1.807, 2.05) is 17.8 Å². The second-order valence-corrected chi connectivity index (χ2v) is 6.79. The van der Waals surface area contributed by atoms with Crippen molar-refractivity contribution in [1.82, 2.24) is 0 Å². The zero-order chi connectivity index (χ0) is 16.0. The lowest BCUT2D eigenvalue weighted by atomic mass is 10.1. The number of thioether (sulfide) groups is 1. The van der Waals surface area contributed by atoms with Crippen LogP contribution in [-0.4, -0.2) is 16.8 Å². The van der Waals surface area contributed by atoms with Gasteiger partial charge in [-0.05, 0) is 44.1 Å². The van der Waals surface area contributed by atoms with E-state index in [2.05, 4.69) is 30.3 Å². The van der Waals surface area contributed by atoms with Crippen LogP contribution in [0.2, 0.25) is 0 Å². The third-order valence-electron chi connectivity index (χ3n) is 3.65. The van der Waals surface area contributed by atoms with E-state index in [0.29, 0.717) is 5.57 Å². The van der Waals surface area contributed by atoms with Gasteiger partial charge in [0.15, 0.2) is 0 Å². The molecule has 3 heteroatoms. The van der Waals surface area contributed by atoms with Gasteiger partial charge in [0.1, 0.15) is 0 Å². The lowest BCUT2D eigenvalue weighted by Gasteiger charge is -2.02. The van der Waals surface area contributed by atoms with Crippen molar-refractivity contribution in [3.8, 4) is 0 Å². The molecule has 0 bridgehead atoms. The number of unbranched alkanes of at least 4 members (excludes halogenated alkanes) is 7. The molecule has 1 rings (SSSR count). The van der Waals surface area contributed by atoms with Gasteiger partial charge in [-0.1, -0.05) is 56.4 Å². The van der Waals surface area contributed by atoms with E-state index in [4.69, 9.17) is 5.11 Å². The van der Waals surface area contributed by atoms with Gasteiger partial charge in [-0.2, -0.15) is 0 Å². The maximum atomic E-state index is 10.6. The molecule has 0 fully saturated rings. The highest BCUT2D eigenvalue weighted by Crippen LogP contribution is 2.19. The summed E-state index contributed by atoms with van der Waals surface area (Å²) in [5.41, 5.74) is 0.468. The number of carbonyl (C=O) groups is 1. The molecule has 0 aliphatic rings. The fraction of sp³-hybridized carbons (Fsp3) is 0.526. The molecule has 0 spiro atoms. The summed E-state index contributed by atoms with van der Waals surface area (Å²) in [4.78, 5) is 12.0. The van der Waals surface area contributed by atoms with Crippen LogP contribution < -0.4 is 0 Å². The zero-order valence-electron chi connectivity index (χ0n) is 13.6. The van der Waals surface area contributed by atoms with Gasteiger partial charge >= 0.3 is 5.97 Å². The Balaban J connectivity index is 1.86. The largest absolute Gasteiger partial charge is 0.478 e. The van der Waals surface area contributed by atoms with Crippen LogP contribution in [0.25, 0.3) is 0 Å². The van der Waals surface area contributed by atoms with Crippen molar-refractivity contribution in [2.24, 2.45) is 0 Å². The average Bonchev–Trinajstić information content (AvgIpc) is 2.53. The number of carboxylic acids is 1. The summed E-state index contributed by atoms with van der Waals surface area (Å²) in [6.07, 6.45) is 11.5. The fourth-order valence-corrected chi connectivity index (χ4v) is 3.18. The van der Waals surface area contributed by atoms with Crippen molar-refractivity contribution in [2.45, 2.75) is 63.2 Å².